The van der Waals surface area contributed by atoms with Gasteiger partial charge in [0.05, 0.1) is 25.1 Å². The first-order chi connectivity index (χ1) is 12.1. The molecule has 0 bridgehead atoms. The largest absolute Gasteiger partial charge is 0.496 e. The first-order valence-corrected chi connectivity index (χ1v) is 9.23. The van der Waals surface area contributed by atoms with Crippen molar-refractivity contribution in [3.05, 3.63) is 38.5 Å². The molecule has 136 valence electrons. The lowest BCUT2D eigenvalue weighted by Crippen LogP contribution is -2.36. The van der Waals surface area contributed by atoms with Crippen molar-refractivity contribution < 1.29 is 19.0 Å². The molecule has 1 heterocycles. The molecule has 0 radical (unpaired) electrons. The lowest BCUT2D eigenvalue weighted by atomic mass is 10.1. The van der Waals surface area contributed by atoms with Crippen LogP contribution in [0.25, 0.3) is 0 Å². The summed E-state index contributed by atoms with van der Waals surface area (Å²) in [5.74, 6) is 1.79. The lowest BCUT2D eigenvalue weighted by molar-refractivity contribution is 0.240. The molecular formula is C17H21BrN2O4S. The number of rotatable bonds is 8. The second-order valence-electron chi connectivity index (χ2n) is 5.08. The number of methoxy groups -OCH3 is 3. The van der Waals surface area contributed by atoms with Crippen LogP contribution in [0.1, 0.15) is 10.4 Å². The van der Waals surface area contributed by atoms with Gasteiger partial charge in [0.15, 0.2) is 11.5 Å². The van der Waals surface area contributed by atoms with Crippen molar-refractivity contribution in [1.82, 2.24) is 10.6 Å². The minimum absolute atomic E-state index is 0.229. The summed E-state index contributed by atoms with van der Waals surface area (Å²) in [7, 11) is 4.70. The summed E-state index contributed by atoms with van der Waals surface area (Å²) in [5.41, 5.74) is 0.803. The molecule has 25 heavy (non-hydrogen) atoms. The Hall–Kier alpha value is -1.93. The second-order valence-corrected chi connectivity index (χ2v) is 7.63. The van der Waals surface area contributed by atoms with Gasteiger partial charge in [0, 0.05) is 29.6 Å². The van der Waals surface area contributed by atoms with Crippen molar-refractivity contribution in [3.63, 3.8) is 0 Å². The van der Waals surface area contributed by atoms with Crippen molar-refractivity contribution in [1.29, 1.82) is 0 Å². The average Bonchev–Trinajstić information content (AvgIpc) is 3.04. The summed E-state index contributed by atoms with van der Waals surface area (Å²) in [5, 5.41) is 5.67. The quantitative estimate of drug-likeness (QED) is 0.673. The van der Waals surface area contributed by atoms with Gasteiger partial charge in [-0.15, -0.1) is 11.3 Å². The third-order valence-electron chi connectivity index (χ3n) is 3.51. The van der Waals surface area contributed by atoms with E-state index in [9.17, 15) is 4.79 Å². The zero-order valence-electron chi connectivity index (χ0n) is 14.3. The predicted octanol–water partition coefficient (Wildman–Crippen LogP) is 3.58. The highest BCUT2D eigenvalue weighted by atomic mass is 79.9. The molecular weight excluding hydrogens is 408 g/mol. The summed E-state index contributed by atoms with van der Waals surface area (Å²) < 4.78 is 17.0. The molecule has 0 unspecified atom stereocenters. The Bertz CT molecular complexity index is 721. The number of amides is 2. The van der Waals surface area contributed by atoms with E-state index < -0.39 is 0 Å². The van der Waals surface area contributed by atoms with Crippen LogP contribution in [0.15, 0.2) is 28.1 Å². The molecule has 1 aromatic carbocycles. The Balaban J connectivity index is 1.88. The first-order valence-electron chi connectivity index (χ1n) is 7.62. The van der Waals surface area contributed by atoms with Crippen LogP contribution >= 0.6 is 27.3 Å². The lowest BCUT2D eigenvalue weighted by Gasteiger charge is -2.14. The minimum atomic E-state index is -0.229. The standard InChI is InChI=1S/C17H21BrN2O4S/c1-22-13-9-15(24-3)14(23-2)8-11(13)10-20-17(21)19-7-6-12-4-5-16(18)25-12/h4-5,8-9H,6-7,10H2,1-3H3,(H2,19,20,21). The molecule has 2 N–H and O–H groups in total. The maximum Gasteiger partial charge on any atom is 0.315 e. The molecule has 0 aliphatic carbocycles. The van der Waals surface area contributed by atoms with Crippen LogP contribution in [0.3, 0.4) is 0 Å². The van der Waals surface area contributed by atoms with Crippen LogP contribution in [0.2, 0.25) is 0 Å². The van der Waals surface area contributed by atoms with E-state index in [-0.39, 0.29) is 6.03 Å². The van der Waals surface area contributed by atoms with Gasteiger partial charge in [-0.25, -0.2) is 4.79 Å². The Kier molecular flexibility index (Phi) is 7.39. The van der Waals surface area contributed by atoms with Gasteiger partial charge in [-0.3, -0.25) is 0 Å². The van der Waals surface area contributed by atoms with Crippen LogP contribution in [-0.4, -0.2) is 33.9 Å². The highest BCUT2D eigenvalue weighted by molar-refractivity contribution is 9.11. The molecule has 2 rings (SSSR count). The van der Waals surface area contributed by atoms with E-state index in [1.807, 2.05) is 12.1 Å². The van der Waals surface area contributed by atoms with Gasteiger partial charge in [-0.05, 0) is 40.5 Å². The molecule has 0 fully saturated rings. The van der Waals surface area contributed by atoms with E-state index in [4.69, 9.17) is 14.2 Å². The zero-order valence-corrected chi connectivity index (χ0v) is 16.8. The summed E-state index contributed by atoms with van der Waals surface area (Å²) >= 11 is 5.09. The smallest absolute Gasteiger partial charge is 0.315 e. The van der Waals surface area contributed by atoms with Crippen LogP contribution in [0.5, 0.6) is 17.2 Å². The highest BCUT2D eigenvalue weighted by Gasteiger charge is 2.12. The van der Waals surface area contributed by atoms with Gasteiger partial charge in [-0.1, -0.05) is 0 Å². The van der Waals surface area contributed by atoms with Gasteiger partial charge in [0.1, 0.15) is 5.75 Å². The molecule has 8 heteroatoms. The summed E-state index contributed by atoms with van der Waals surface area (Å²) in [6.45, 7) is 0.891. The topological polar surface area (TPSA) is 68.8 Å². The van der Waals surface area contributed by atoms with Crippen molar-refractivity contribution >= 4 is 33.3 Å². The number of halogens is 1. The Morgan fingerprint density at radius 3 is 2.32 bits per heavy atom. The number of carbonyl (C=O) groups excluding carboxylic acids is 1. The second kappa shape index (κ2) is 9.53. The molecule has 2 aromatic rings. The molecule has 0 spiro atoms. The zero-order chi connectivity index (χ0) is 18.2. The minimum Gasteiger partial charge on any atom is -0.496 e. The molecule has 0 saturated carbocycles. The van der Waals surface area contributed by atoms with E-state index in [2.05, 4.69) is 26.6 Å². The van der Waals surface area contributed by atoms with Crippen LogP contribution in [0.4, 0.5) is 4.79 Å². The SMILES string of the molecule is COc1cc(OC)c(OC)cc1CNC(=O)NCCc1ccc(Br)s1. The maximum absolute atomic E-state index is 12.0. The Labute approximate surface area is 159 Å². The van der Waals surface area contributed by atoms with Crippen molar-refractivity contribution in [2.24, 2.45) is 0 Å². The summed E-state index contributed by atoms with van der Waals surface area (Å²) in [6, 6.07) is 7.35. The van der Waals surface area contributed by atoms with Gasteiger partial charge in [0.25, 0.3) is 0 Å². The van der Waals surface area contributed by atoms with Crippen molar-refractivity contribution in [3.8, 4) is 17.2 Å². The average molecular weight is 429 g/mol. The van der Waals surface area contributed by atoms with Crippen molar-refractivity contribution in [2.45, 2.75) is 13.0 Å². The van der Waals surface area contributed by atoms with Crippen molar-refractivity contribution in [2.75, 3.05) is 27.9 Å². The number of benzene rings is 1. The first kappa shape index (κ1) is 19.4. The van der Waals surface area contributed by atoms with E-state index in [0.717, 1.165) is 15.8 Å². The van der Waals surface area contributed by atoms with Crippen LogP contribution in [-0.2, 0) is 13.0 Å². The highest BCUT2D eigenvalue weighted by Crippen LogP contribution is 2.34. The normalized spacial score (nSPS) is 10.2. The fourth-order valence-corrected chi connectivity index (χ4v) is 3.74. The number of hydrogen-bond donors (Lipinski definition) is 2. The van der Waals surface area contributed by atoms with Gasteiger partial charge in [-0.2, -0.15) is 0 Å². The van der Waals surface area contributed by atoms with Gasteiger partial charge in [0.2, 0.25) is 0 Å². The number of urea groups is 1. The Morgan fingerprint density at radius 1 is 1.04 bits per heavy atom. The molecule has 0 aliphatic heterocycles. The third-order valence-corrected chi connectivity index (χ3v) is 5.20. The van der Waals surface area contributed by atoms with Gasteiger partial charge >= 0.3 is 6.03 Å². The molecule has 0 aliphatic rings. The molecule has 0 atom stereocenters. The van der Waals surface area contributed by atoms with E-state index in [1.54, 1.807) is 44.8 Å². The third kappa shape index (κ3) is 5.54. The maximum atomic E-state index is 12.0. The monoisotopic (exact) mass is 428 g/mol. The fourth-order valence-electron chi connectivity index (χ4n) is 2.25. The van der Waals surface area contributed by atoms with E-state index in [0.29, 0.717) is 30.3 Å². The van der Waals surface area contributed by atoms with E-state index in [1.165, 1.54) is 4.88 Å². The number of ether oxygens (including phenoxy) is 3. The number of carbonyl (C=O) groups is 1. The molecule has 2 amide bonds. The molecule has 0 saturated heterocycles. The molecule has 6 nitrogen and oxygen atoms in total. The number of thiophene rings is 1. The number of nitrogens with one attached hydrogen (secondary N) is 2. The predicted molar refractivity (Wildman–Crippen MR) is 102 cm³/mol. The molecule has 1 aromatic heterocycles. The van der Waals surface area contributed by atoms with E-state index >= 15 is 0 Å². The summed E-state index contributed by atoms with van der Waals surface area (Å²) in [4.78, 5) is 13.2. The Morgan fingerprint density at radius 2 is 1.72 bits per heavy atom. The van der Waals surface area contributed by atoms with Gasteiger partial charge < -0.3 is 24.8 Å². The van der Waals surface area contributed by atoms with Crippen LogP contribution in [0, 0.1) is 0 Å². The fraction of sp³-hybridized carbons (Fsp3) is 0.353. The summed E-state index contributed by atoms with van der Waals surface area (Å²) in [6.07, 6.45) is 0.795. The van der Waals surface area contributed by atoms with Crippen LogP contribution < -0.4 is 24.8 Å². The number of hydrogen-bond acceptors (Lipinski definition) is 5.